The molecule has 0 saturated carbocycles. The number of aryl methyl sites for hydroxylation is 1. The number of carbonyl (C=O) groups is 1. The number of nitrogens with zero attached hydrogens (tertiary/aromatic N) is 4. The molecule has 1 aromatic heterocycles. The minimum absolute atomic E-state index is 0.0457. The molecule has 0 radical (unpaired) electrons. The van der Waals surface area contributed by atoms with Crippen LogP contribution in [0.1, 0.15) is 29.8 Å². The van der Waals surface area contributed by atoms with E-state index in [-0.39, 0.29) is 12.1 Å². The van der Waals surface area contributed by atoms with E-state index in [9.17, 15) is 4.79 Å². The number of benzene rings is 1. The van der Waals surface area contributed by atoms with Gasteiger partial charge in [0.25, 0.3) is 0 Å². The van der Waals surface area contributed by atoms with Gasteiger partial charge in [0.05, 0.1) is 6.04 Å². The van der Waals surface area contributed by atoms with Crippen LogP contribution in [-0.2, 0) is 6.54 Å². The second-order valence-electron chi connectivity index (χ2n) is 6.02. The molecule has 0 bridgehead atoms. The first-order valence-corrected chi connectivity index (χ1v) is 7.64. The number of carbonyl (C=O) groups excluding carboxylic acids is 1. The van der Waals surface area contributed by atoms with Crippen LogP contribution in [0.15, 0.2) is 30.3 Å². The molecule has 6 nitrogen and oxygen atoms in total. The van der Waals surface area contributed by atoms with Gasteiger partial charge in [0.2, 0.25) is 5.95 Å². The number of aromatic nitrogens is 2. The Labute approximate surface area is 136 Å². The largest absolute Gasteiger partial charge is 0.363 e. The van der Waals surface area contributed by atoms with Crippen molar-refractivity contribution < 1.29 is 4.79 Å². The van der Waals surface area contributed by atoms with Gasteiger partial charge >= 0.3 is 6.03 Å². The molecule has 1 aliphatic heterocycles. The van der Waals surface area contributed by atoms with Gasteiger partial charge in [0.1, 0.15) is 5.82 Å². The summed E-state index contributed by atoms with van der Waals surface area (Å²) < 4.78 is 0. The number of amides is 2. The maximum Gasteiger partial charge on any atom is 0.325 e. The van der Waals surface area contributed by atoms with E-state index in [1.807, 2.05) is 51.0 Å². The summed E-state index contributed by atoms with van der Waals surface area (Å²) in [6.07, 6.45) is 0. The fourth-order valence-electron chi connectivity index (χ4n) is 2.83. The number of hydrogen-bond donors (Lipinski definition) is 1. The average molecular weight is 311 g/mol. The number of urea groups is 1. The van der Waals surface area contributed by atoms with Gasteiger partial charge in [-0.15, -0.1) is 0 Å². The monoisotopic (exact) mass is 311 g/mol. The predicted molar refractivity (Wildman–Crippen MR) is 90.5 cm³/mol. The number of rotatable bonds is 2. The summed E-state index contributed by atoms with van der Waals surface area (Å²) in [6, 6.07) is 9.88. The smallest absolute Gasteiger partial charge is 0.325 e. The molecule has 0 spiro atoms. The van der Waals surface area contributed by atoms with E-state index in [4.69, 9.17) is 0 Å². The van der Waals surface area contributed by atoms with Crippen LogP contribution in [0.4, 0.5) is 16.6 Å². The summed E-state index contributed by atoms with van der Waals surface area (Å²) in [5, 5.41) is 2.82. The van der Waals surface area contributed by atoms with E-state index in [2.05, 4.69) is 27.4 Å². The molecule has 23 heavy (non-hydrogen) atoms. The molecule has 1 aromatic carbocycles. The number of hydrogen-bond acceptors (Lipinski definition) is 4. The van der Waals surface area contributed by atoms with Gasteiger partial charge in [-0.1, -0.05) is 24.3 Å². The van der Waals surface area contributed by atoms with Crippen molar-refractivity contribution in [3.63, 3.8) is 0 Å². The molecule has 120 valence electrons. The Balaban J connectivity index is 1.78. The van der Waals surface area contributed by atoms with Crippen molar-refractivity contribution in [2.45, 2.75) is 26.4 Å². The second-order valence-corrected chi connectivity index (χ2v) is 6.02. The third kappa shape index (κ3) is 2.97. The van der Waals surface area contributed by atoms with Crippen LogP contribution in [0.3, 0.4) is 0 Å². The molecule has 1 N–H and O–H groups in total. The molecular weight excluding hydrogens is 290 g/mol. The molecule has 2 heterocycles. The first-order chi connectivity index (χ1) is 11.0. The van der Waals surface area contributed by atoms with E-state index >= 15 is 0 Å². The van der Waals surface area contributed by atoms with Gasteiger partial charge < -0.3 is 9.80 Å². The first-order valence-electron chi connectivity index (χ1n) is 7.64. The van der Waals surface area contributed by atoms with Gasteiger partial charge in [-0.2, -0.15) is 4.98 Å². The molecule has 2 amide bonds. The molecule has 1 aliphatic rings. The highest BCUT2D eigenvalue weighted by atomic mass is 16.2. The van der Waals surface area contributed by atoms with Crippen LogP contribution < -0.4 is 10.2 Å². The molecule has 6 heteroatoms. The van der Waals surface area contributed by atoms with Crippen LogP contribution in [-0.4, -0.2) is 35.0 Å². The molecule has 1 atom stereocenters. The van der Waals surface area contributed by atoms with Gasteiger partial charge in [-0.25, -0.2) is 9.78 Å². The Morgan fingerprint density at radius 2 is 2.04 bits per heavy atom. The summed E-state index contributed by atoms with van der Waals surface area (Å²) in [7, 11) is 3.82. The average Bonchev–Trinajstić information content (AvgIpc) is 2.84. The van der Waals surface area contributed by atoms with Crippen molar-refractivity contribution in [3.05, 3.63) is 47.2 Å². The number of anilines is 2. The van der Waals surface area contributed by atoms with Gasteiger partial charge in [-0.3, -0.25) is 5.32 Å². The minimum atomic E-state index is -0.177. The SMILES string of the molecule is Cc1cc(N(C)C)nc(NC(=O)N2Cc3ccccc3C2C)n1. The summed E-state index contributed by atoms with van der Waals surface area (Å²) in [6.45, 7) is 4.53. The van der Waals surface area contributed by atoms with E-state index in [1.165, 1.54) is 11.1 Å². The summed E-state index contributed by atoms with van der Waals surface area (Å²) in [4.78, 5) is 25.0. The molecule has 0 saturated heterocycles. The molecule has 0 aliphatic carbocycles. The highest BCUT2D eigenvalue weighted by Gasteiger charge is 2.30. The van der Waals surface area contributed by atoms with Gasteiger partial charge in [0, 0.05) is 32.4 Å². The summed E-state index contributed by atoms with van der Waals surface area (Å²) in [5.41, 5.74) is 3.20. The van der Waals surface area contributed by atoms with Crippen molar-refractivity contribution in [2.24, 2.45) is 0 Å². The highest BCUT2D eigenvalue weighted by Crippen LogP contribution is 2.33. The Morgan fingerprint density at radius 1 is 1.30 bits per heavy atom. The van der Waals surface area contributed by atoms with Crippen LogP contribution in [0.2, 0.25) is 0 Å². The molecule has 1 unspecified atom stereocenters. The third-order valence-electron chi connectivity index (χ3n) is 4.09. The first kappa shape index (κ1) is 15.3. The van der Waals surface area contributed by atoms with E-state index in [1.54, 1.807) is 4.90 Å². The fourth-order valence-corrected chi connectivity index (χ4v) is 2.83. The molecule has 2 aromatic rings. The lowest BCUT2D eigenvalue weighted by Gasteiger charge is -2.22. The quantitative estimate of drug-likeness (QED) is 0.926. The van der Waals surface area contributed by atoms with Crippen molar-refractivity contribution in [3.8, 4) is 0 Å². The molecule has 3 rings (SSSR count). The number of nitrogens with one attached hydrogen (secondary N) is 1. The summed E-state index contributed by atoms with van der Waals surface area (Å²) >= 11 is 0. The van der Waals surface area contributed by atoms with Crippen molar-refractivity contribution in [1.29, 1.82) is 0 Å². The Hall–Kier alpha value is -2.63. The summed E-state index contributed by atoms with van der Waals surface area (Å²) in [5.74, 6) is 1.10. The van der Waals surface area contributed by atoms with E-state index < -0.39 is 0 Å². The Morgan fingerprint density at radius 3 is 2.74 bits per heavy atom. The molecular formula is C17H21N5O. The third-order valence-corrected chi connectivity index (χ3v) is 4.09. The van der Waals surface area contributed by atoms with Crippen molar-refractivity contribution >= 4 is 17.8 Å². The maximum absolute atomic E-state index is 12.6. The predicted octanol–water partition coefficient (Wildman–Crippen LogP) is 2.96. The van der Waals surface area contributed by atoms with Crippen LogP contribution in [0.5, 0.6) is 0 Å². The van der Waals surface area contributed by atoms with E-state index in [0.29, 0.717) is 12.5 Å². The lowest BCUT2D eigenvalue weighted by molar-refractivity contribution is 0.199. The zero-order valence-corrected chi connectivity index (χ0v) is 13.9. The van der Waals surface area contributed by atoms with Crippen LogP contribution in [0.25, 0.3) is 0 Å². The zero-order valence-electron chi connectivity index (χ0n) is 13.9. The second kappa shape index (κ2) is 5.87. The minimum Gasteiger partial charge on any atom is -0.363 e. The van der Waals surface area contributed by atoms with Gasteiger partial charge in [-0.05, 0) is 25.0 Å². The zero-order chi connectivity index (χ0) is 16.6. The van der Waals surface area contributed by atoms with E-state index in [0.717, 1.165) is 11.5 Å². The standard InChI is InChI=1S/C17H21N5O/c1-11-9-15(21(3)4)19-16(18-11)20-17(23)22-10-13-7-5-6-8-14(13)12(22)2/h5-9,12H,10H2,1-4H3,(H,18,19,20,23). The van der Waals surface area contributed by atoms with Crippen molar-refractivity contribution in [1.82, 2.24) is 14.9 Å². The molecule has 0 fully saturated rings. The maximum atomic E-state index is 12.6. The van der Waals surface area contributed by atoms with Crippen LogP contribution in [0, 0.1) is 6.92 Å². The fraction of sp³-hybridized carbons (Fsp3) is 0.353. The lowest BCUT2D eigenvalue weighted by atomic mass is 10.1. The Bertz CT molecular complexity index is 744. The Kier molecular flexibility index (Phi) is 3.90. The van der Waals surface area contributed by atoms with Crippen molar-refractivity contribution in [2.75, 3.05) is 24.3 Å². The van der Waals surface area contributed by atoms with Crippen LogP contribution >= 0.6 is 0 Å². The topological polar surface area (TPSA) is 61.4 Å². The normalized spacial score (nSPS) is 16.2. The highest BCUT2D eigenvalue weighted by molar-refractivity contribution is 5.88. The lowest BCUT2D eigenvalue weighted by Crippen LogP contribution is -2.33. The number of fused-ring (bicyclic) bond motifs is 1. The van der Waals surface area contributed by atoms with Gasteiger partial charge in [0.15, 0.2) is 0 Å².